The number of thiazole rings is 1. The van der Waals surface area contributed by atoms with Crippen LogP contribution < -0.4 is 14.8 Å². The van der Waals surface area contributed by atoms with E-state index in [0.29, 0.717) is 18.8 Å². The van der Waals surface area contributed by atoms with Crippen molar-refractivity contribution >= 4 is 48.1 Å². The zero-order chi connectivity index (χ0) is 25.8. The molecule has 0 saturated carbocycles. The Morgan fingerprint density at radius 1 is 0.972 bits per heavy atom. The van der Waals surface area contributed by atoms with E-state index in [4.69, 9.17) is 4.74 Å². The van der Waals surface area contributed by atoms with E-state index < -0.39 is 26.0 Å². The summed E-state index contributed by atoms with van der Waals surface area (Å²) in [7, 11) is -6.20. The molecular weight excluding hydrogens is 524 g/mol. The van der Waals surface area contributed by atoms with Gasteiger partial charge in [-0.1, -0.05) is 12.8 Å². The lowest BCUT2D eigenvalue weighted by Gasteiger charge is -2.20. The summed E-state index contributed by atoms with van der Waals surface area (Å²) >= 11 is 1.15. The Bertz CT molecular complexity index is 1410. The van der Waals surface area contributed by atoms with Crippen molar-refractivity contribution in [3.63, 3.8) is 0 Å². The van der Waals surface area contributed by atoms with Crippen molar-refractivity contribution in [2.75, 3.05) is 30.2 Å². The van der Waals surface area contributed by atoms with E-state index in [0.717, 1.165) is 37.0 Å². The van der Waals surface area contributed by atoms with E-state index in [1.807, 2.05) is 0 Å². The molecule has 3 aromatic rings. The molecule has 1 saturated heterocycles. The third-order valence-corrected chi connectivity index (χ3v) is 9.76. The zero-order valence-corrected chi connectivity index (χ0v) is 22.0. The van der Waals surface area contributed by atoms with Crippen molar-refractivity contribution in [1.29, 1.82) is 0 Å². The number of hydrogen-bond donors (Lipinski definition) is 2. The number of aromatic nitrogens is 1. The first-order valence-corrected chi connectivity index (χ1v) is 15.0. The Morgan fingerprint density at radius 3 is 2.25 bits per heavy atom. The van der Waals surface area contributed by atoms with Crippen LogP contribution in [0.25, 0.3) is 0 Å². The molecule has 0 atom stereocenters. The van der Waals surface area contributed by atoms with Gasteiger partial charge in [0.1, 0.15) is 5.75 Å². The fourth-order valence-corrected chi connectivity index (χ4v) is 7.15. The second kappa shape index (κ2) is 10.9. The first kappa shape index (κ1) is 26.1. The van der Waals surface area contributed by atoms with E-state index in [2.05, 4.69) is 15.0 Å². The minimum Gasteiger partial charge on any atom is -0.496 e. The number of carbonyl (C=O) groups is 1. The third-order valence-electron chi connectivity index (χ3n) is 5.69. The molecule has 1 amide bonds. The number of sulfonamides is 2. The maximum absolute atomic E-state index is 13.2. The van der Waals surface area contributed by atoms with Crippen LogP contribution in [0, 0.1) is 0 Å². The number of benzene rings is 2. The van der Waals surface area contributed by atoms with Crippen molar-refractivity contribution in [1.82, 2.24) is 9.29 Å². The fourth-order valence-electron chi connectivity index (χ4n) is 3.82. The van der Waals surface area contributed by atoms with Crippen LogP contribution in [0.15, 0.2) is 63.8 Å². The van der Waals surface area contributed by atoms with Gasteiger partial charge in [-0.15, -0.1) is 11.3 Å². The van der Waals surface area contributed by atoms with Crippen molar-refractivity contribution in [3.05, 3.63) is 59.6 Å². The van der Waals surface area contributed by atoms with Crippen LogP contribution in [0.1, 0.15) is 36.0 Å². The Kier molecular flexibility index (Phi) is 7.93. The van der Waals surface area contributed by atoms with Gasteiger partial charge < -0.3 is 10.1 Å². The molecule has 36 heavy (non-hydrogen) atoms. The molecule has 0 radical (unpaired) electrons. The van der Waals surface area contributed by atoms with E-state index in [-0.39, 0.29) is 26.2 Å². The van der Waals surface area contributed by atoms with Gasteiger partial charge in [0.2, 0.25) is 10.0 Å². The van der Waals surface area contributed by atoms with Gasteiger partial charge in [0.25, 0.3) is 15.9 Å². The molecule has 0 aliphatic carbocycles. The molecule has 4 rings (SSSR count). The summed E-state index contributed by atoms with van der Waals surface area (Å²) < 4.78 is 60.6. The molecule has 0 unspecified atom stereocenters. The summed E-state index contributed by atoms with van der Waals surface area (Å²) in [6.07, 6.45) is 5.07. The van der Waals surface area contributed by atoms with Gasteiger partial charge in [-0.05, 0) is 55.3 Å². The topological polar surface area (TPSA) is 135 Å². The lowest BCUT2D eigenvalue weighted by Crippen LogP contribution is -2.32. The number of hydrogen-bond acceptors (Lipinski definition) is 8. The van der Waals surface area contributed by atoms with Crippen LogP contribution in [-0.4, -0.2) is 52.2 Å². The van der Waals surface area contributed by atoms with Crippen LogP contribution in [0.2, 0.25) is 0 Å². The Balaban J connectivity index is 1.54. The van der Waals surface area contributed by atoms with Gasteiger partial charge in [-0.25, -0.2) is 21.8 Å². The van der Waals surface area contributed by atoms with Crippen molar-refractivity contribution in [2.24, 2.45) is 0 Å². The van der Waals surface area contributed by atoms with Gasteiger partial charge in [0.15, 0.2) is 5.13 Å². The maximum atomic E-state index is 13.2. The predicted octanol–water partition coefficient (Wildman–Crippen LogP) is 3.77. The molecule has 192 valence electrons. The molecule has 1 aliphatic rings. The highest BCUT2D eigenvalue weighted by molar-refractivity contribution is 7.93. The summed E-state index contributed by atoms with van der Waals surface area (Å²) in [6, 6.07) is 9.79. The first-order valence-electron chi connectivity index (χ1n) is 11.2. The zero-order valence-electron chi connectivity index (χ0n) is 19.5. The smallest absolute Gasteiger partial charge is 0.263 e. The Hall–Kier alpha value is -3.00. The fraction of sp³-hybridized carbons (Fsp3) is 0.304. The predicted molar refractivity (Wildman–Crippen MR) is 138 cm³/mol. The molecule has 0 spiro atoms. The van der Waals surface area contributed by atoms with E-state index in [1.54, 1.807) is 5.38 Å². The molecule has 1 aromatic heterocycles. The molecular formula is C23H26N4O6S3. The van der Waals surface area contributed by atoms with Crippen LogP contribution in [0.5, 0.6) is 5.75 Å². The van der Waals surface area contributed by atoms with E-state index in [9.17, 15) is 21.6 Å². The lowest BCUT2D eigenvalue weighted by atomic mass is 10.2. The third kappa shape index (κ3) is 5.86. The normalized spacial score (nSPS) is 15.1. The lowest BCUT2D eigenvalue weighted by molar-refractivity contribution is 0.102. The standard InChI is InChI=1S/C23H26N4O6S3/c1-33-21-11-10-19(36(31,32)27-13-4-2-3-5-14-27)16-20(21)22(28)25-17-6-8-18(9-7-17)35(29,30)26-23-24-12-15-34-23/h6-12,15-16H,2-5,13-14H2,1H3,(H,24,26)(H,25,28). The average molecular weight is 551 g/mol. The summed E-state index contributed by atoms with van der Waals surface area (Å²) in [5.74, 6) is -0.370. The summed E-state index contributed by atoms with van der Waals surface area (Å²) in [4.78, 5) is 17.0. The maximum Gasteiger partial charge on any atom is 0.263 e. The SMILES string of the molecule is COc1ccc(S(=O)(=O)N2CCCCCC2)cc1C(=O)Nc1ccc(S(=O)(=O)Nc2nccs2)cc1. The molecule has 1 aliphatic heterocycles. The summed E-state index contributed by atoms with van der Waals surface area (Å²) in [5.41, 5.74) is 0.381. The molecule has 2 heterocycles. The molecule has 2 N–H and O–H groups in total. The number of rotatable bonds is 8. The van der Waals surface area contributed by atoms with Gasteiger partial charge in [-0.3, -0.25) is 9.52 Å². The first-order chi connectivity index (χ1) is 17.2. The van der Waals surface area contributed by atoms with Crippen molar-refractivity contribution in [3.8, 4) is 5.75 Å². The van der Waals surface area contributed by atoms with E-state index in [1.165, 1.54) is 60.1 Å². The minimum atomic E-state index is -3.83. The number of carbonyl (C=O) groups excluding carboxylic acids is 1. The van der Waals surface area contributed by atoms with Crippen LogP contribution in [0.4, 0.5) is 10.8 Å². The van der Waals surface area contributed by atoms with Gasteiger partial charge in [0.05, 0.1) is 22.5 Å². The highest BCUT2D eigenvalue weighted by Gasteiger charge is 2.27. The molecule has 1 fully saturated rings. The molecule has 2 aromatic carbocycles. The van der Waals surface area contributed by atoms with Crippen LogP contribution >= 0.6 is 11.3 Å². The van der Waals surface area contributed by atoms with Gasteiger partial charge in [-0.2, -0.15) is 4.31 Å². The van der Waals surface area contributed by atoms with Crippen LogP contribution in [0.3, 0.4) is 0 Å². The van der Waals surface area contributed by atoms with Crippen molar-refractivity contribution < 1.29 is 26.4 Å². The largest absolute Gasteiger partial charge is 0.496 e. The number of anilines is 2. The second-order valence-corrected chi connectivity index (χ2v) is 12.6. The Labute approximate surface area is 214 Å². The quantitative estimate of drug-likeness (QED) is 0.436. The van der Waals surface area contributed by atoms with Crippen molar-refractivity contribution in [2.45, 2.75) is 35.5 Å². The average Bonchev–Trinajstić information content (AvgIpc) is 3.20. The number of ether oxygens (including phenoxy) is 1. The second-order valence-electron chi connectivity index (χ2n) is 8.10. The van der Waals surface area contributed by atoms with Gasteiger partial charge in [0, 0.05) is 30.4 Å². The molecule has 10 nitrogen and oxygen atoms in total. The summed E-state index contributed by atoms with van der Waals surface area (Å²) in [5, 5.41) is 4.57. The monoisotopic (exact) mass is 550 g/mol. The summed E-state index contributed by atoms with van der Waals surface area (Å²) in [6.45, 7) is 0.894. The highest BCUT2D eigenvalue weighted by atomic mass is 32.2. The number of nitrogens with one attached hydrogen (secondary N) is 2. The molecule has 0 bridgehead atoms. The van der Waals surface area contributed by atoms with Crippen LogP contribution in [-0.2, 0) is 20.0 Å². The highest BCUT2D eigenvalue weighted by Crippen LogP contribution is 2.27. The minimum absolute atomic E-state index is 0.00109. The van der Waals surface area contributed by atoms with Gasteiger partial charge >= 0.3 is 0 Å². The number of amides is 1. The molecule has 13 heteroatoms. The van der Waals surface area contributed by atoms with E-state index >= 15 is 0 Å². The number of methoxy groups -OCH3 is 1. The Morgan fingerprint density at radius 2 is 1.64 bits per heavy atom. The number of nitrogens with zero attached hydrogens (tertiary/aromatic N) is 2.